The van der Waals surface area contributed by atoms with Crippen molar-refractivity contribution in [3.8, 4) is 0 Å². The topological polar surface area (TPSA) is 62.2 Å². The molecule has 1 aromatic rings. The number of hydrogen-bond acceptors (Lipinski definition) is 4. The van der Waals surface area contributed by atoms with Gasteiger partial charge in [0.1, 0.15) is 6.04 Å². The van der Waals surface area contributed by atoms with E-state index in [0.717, 1.165) is 12.1 Å². The maximum absolute atomic E-state index is 12.3. The van der Waals surface area contributed by atoms with Gasteiger partial charge in [0.15, 0.2) is 0 Å². The van der Waals surface area contributed by atoms with Gasteiger partial charge in [0.25, 0.3) is 0 Å². The summed E-state index contributed by atoms with van der Waals surface area (Å²) in [7, 11) is 5.80. The van der Waals surface area contributed by atoms with Crippen LogP contribution in [0.1, 0.15) is 37.3 Å². The van der Waals surface area contributed by atoms with Gasteiger partial charge in [-0.25, -0.2) is 0 Å². The Balaban J connectivity index is 0.00000242. The maximum Gasteiger partial charge on any atom is 0.241 e. The molecule has 1 amide bonds. The molecule has 134 valence electrons. The number of rotatable bonds is 7. The molecule has 1 fully saturated rings. The highest BCUT2D eigenvalue weighted by Crippen LogP contribution is 2.21. The summed E-state index contributed by atoms with van der Waals surface area (Å²) < 4.78 is 1.71. The lowest BCUT2D eigenvalue weighted by Crippen LogP contribution is -2.41. The van der Waals surface area contributed by atoms with Crippen LogP contribution in [0.4, 0.5) is 0 Å². The van der Waals surface area contributed by atoms with Crippen molar-refractivity contribution in [3.63, 3.8) is 0 Å². The first-order chi connectivity index (χ1) is 10.1. The highest BCUT2D eigenvalue weighted by molar-refractivity contribution is 5.85. The fourth-order valence-corrected chi connectivity index (χ4v) is 3.02. The van der Waals surface area contributed by atoms with Crippen LogP contribution < -0.4 is 10.6 Å². The monoisotopic (exact) mass is 365 g/mol. The highest BCUT2D eigenvalue weighted by atomic mass is 35.5. The molecule has 2 N–H and O–H groups in total. The molecule has 23 heavy (non-hydrogen) atoms. The molecule has 0 aliphatic heterocycles. The summed E-state index contributed by atoms with van der Waals surface area (Å²) in [5, 5.41) is 10.2. The van der Waals surface area contributed by atoms with Crippen molar-refractivity contribution in [1.29, 1.82) is 0 Å². The van der Waals surface area contributed by atoms with Crippen LogP contribution in [0, 0.1) is 0 Å². The van der Waals surface area contributed by atoms with E-state index < -0.39 is 0 Å². The third-order valence-electron chi connectivity index (χ3n) is 4.32. The molecule has 1 aromatic heterocycles. The second kappa shape index (κ2) is 10.9. The van der Waals surface area contributed by atoms with Crippen molar-refractivity contribution in [2.45, 2.75) is 37.8 Å². The van der Waals surface area contributed by atoms with E-state index in [1.807, 2.05) is 13.2 Å². The van der Waals surface area contributed by atoms with E-state index in [-0.39, 0.29) is 36.8 Å². The number of aromatic nitrogens is 2. The van der Waals surface area contributed by atoms with E-state index in [1.165, 1.54) is 25.7 Å². The number of nitrogens with one attached hydrogen (secondary N) is 2. The fraction of sp³-hybridized carbons (Fsp3) is 0.733. The minimum absolute atomic E-state index is 0. The number of amides is 1. The Morgan fingerprint density at radius 2 is 2.09 bits per heavy atom. The van der Waals surface area contributed by atoms with Crippen LogP contribution in [0.5, 0.6) is 0 Å². The van der Waals surface area contributed by atoms with E-state index in [4.69, 9.17) is 0 Å². The smallest absolute Gasteiger partial charge is 0.241 e. The van der Waals surface area contributed by atoms with Crippen LogP contribution in [0.15, 0.2) is 12.4 Å². The number of carbonyl (C=O) groups is 1. The summed E-state index contributed by atoms with van der Waals surface area (Å²) in [4.78, 5) is 14.6. The first-order valence-corrected chi connectivity index (χ1v) is 7.75. The van der Waals surface area contributed by atoms with Gasteiger partial charge in [-0.15, -0.1) is 24.8 Å². The van der Waals surface area contributed by atoms with Gasteiger partial charge in [-0.05, 0) is 26.9 Å². The van der Waals surface area contributed by atoms with Crippen LogP contribution in [-0.4, -0.2) is 53.8 Å². The Bertz CT molecular complexity index is 462. The normalized spacial score (nSPS) is 15.8. The second-order valence-corrected chi connectivity index (χ2v) is 5.88. The lowest BCUT2D eigenvalue weighted by atomic mass is 10.1. The van der Waals surface area contributed by atoms with Gasteiger partial charge in [0, 0.05) is 37.9 Å². The minimum atomic E-state index is -0.338. The zero-order chi connectivity index (χ0) is 15.2. The Labute approximate surface area is 151 Å². The zero-order valence-corrected chi connectivity index (χ0v) is 15.8. The molecule has 1 unspecified atom stereocenters. The van der Waals surface area contributed by atoms with E-state index in [0.29, 0.717) is 12.6 Å². The average molecular weight is 366 g/mol. The molecule has 1 aliphatic rings. The third-order valence-corrected chi connectivity index (χ3v) is 4.32. The second-order valence-electron chi connectivity index (χ2n) is 5.88. The average Bonchev–Trinajstić information content (AvgIpc) is 3.11. The van der Waals surface area contributed by atoms with Crippen molar-refractivity contribution in [2.75, 3.05) is 27.2 Å². The summed E-state index contributed by atoms with van der Waals surface area (Å²) >= 11 is 0. The summed E-state index contributed by atoms with van der Waals surface area (Å²) in [6, 6.07) is 0.357. The number of halogens is 2. The van der Waals surface area contributed by atoms with Crippen molar-refractivity contribution >= 4 is 30.7 Å². The van der Waals surface area contributed by atoms with Crippen molar-refractivity contribution in [2.24, 2.45) is 7.05 Å². The quantitative estimate of drug-likeness (QED) is 0.768. The Kier molecular flexibility index (Phi) is 10.5. The van der Waals surface area contributed by atoms with Crippen LogP contribution in [0.3, 0.4) is 0 Å². The predicted molar refractivity (Wildman–Crippen MR) is 97.4 cm³/mol. The number of aryl methyl sites for hydroxylation is 1. The molecule has 1 aliphatic carbocycles. The maximum atomic E-state index is 12.3. The SMILES string of the molecule is CNC(C(=O)NCCN(C)C1CCCC1)c1cnn(C)c1.Cl.Cl. The highest BCUT2D eigenvalue weighted by Gasteiger charge is 2.21. The molecule has 2 rings (SSSR count). The largest absolute Gasteiger partial charge is 0.353 e. The number of carbonyl (C=O) groups excluding carboxylic acids is 1. The van der Waals surface area contributed by atoms with Gasteiger partial charge in [-0.3, -0.25) is 9.48 Å². The molecule has 0 aromatic carbocycles. The van der Waals surface area contributed by atoms with Gasteiger partial charge >= 0.3 is 0 Å². The number of hydrogen-bond donors (Lipinski definition) is 2. The Morgan fingerprint density at radius 1 is 1.43 bits per heavy atom. The lowest BCUT2D eigenvalue weighted by Gasteiger charge is -2.24. The van der Waals surface area contributed by atoms with Crippen molar-refractivity contribution < 1.29 is 4.79 Å². The van der Waals surface area contributed by atoms with E-state index >= 15 is 0 Å². The minimum Gasteiger partial charge on any atom is -0.353 e. The Hall–Kier alpha value is -0.820. The molecule has 0 spiro atoms. The van der Waals surface area contributed by atoms with E-state index in [2.05, 4.69) is 27.7 Å². The summed E-state index contributed by atoms with van der Waals surface area (Å²) in [6.07, 6.45) is 8.85. The third kappa shape index (κ3) is 6.30. The van der Waals surface area contributed by atoms with Crippen LogP contribution >= 0.6 is 24.8 Å². The predicted octanol–water partition coefficient (Wildman–Crippen LogP) is 1.51. The number of likely N-dealkylation sites (N-methyl/N-ethyl adjacent to an activating group) is 2. The molecule has 8 heteroatoms. The van der Waals surface area contributed by atoms with Gasteiger partial charge in [-0.2, -0.15) is 5.10 Å². The summed E-state index contributed by atoms with van der Waals surface area (Å²) in [5.41, 5.74) is 0.890. The molecule has 6 nitrogen and oxygen atoms in total. The van der Waals surface area contributed by atoms with Crippen LogP contribution in [0.25, 0.3) is 0 Å². The number of nitrogens with zero attached hydrogens (tertiary/aromatic N) is 3. The van der Waals surface area contributed by atoms with Gasteiger partial charge in [0.05, 0.1) is 6.20 Å². The zero-order valence-electron chi connectivity index (χ0n) is 14.1. The molecule has 0 saturated heterocycles. The lowest BCUT2D eigenvalue weighted by molar-refractivity contribution is -0.123. The van der Waals surface area contributed by atoms with E-state index in [1.54, 1.807) is 17.9 Å². The van der Waals surface area contributed by atoms with Gasteiger partial charge < -0.3 is 15.5 Å². The Morgan fingerprint density at radius 3 is 2.61 bits per heavy atom. The van der Waals surface area contributed by atoms with E-state index in [9.17, 15) is 4.79 Å². The van der Waals surface area contributed by atoms with Crippen LogP contribution in [-0.2, 0) is 11.8 Å². The fourth-order valence-electron chi connectivity index (χ4n) is 3.02. The van der Waals surface area contributed by atoms with Gasteiger partial charge in [-0.1, -0.05) is 12.8 Å². The molecular weight excluding hydrogens is 337 g/mol. The van der Waals surface area contributed by atoms with Crippen molar-refractivity contribution in [1.82, 2.24) is 25.3 Å². The summed E-state index contributed by atoms with van der Waals surface area (Å²) in [5.74, 6) is 0.00493. The first-order valence-electron chi connectivity index (χ1n) is 7.75. The van der Waals surface area contributed by atoms with Gasteiger partial charge in [0.2, 0.25) is 5.91 Å². The first kappa shape index (κ1) is 22.2. The molecule has 1 heterocycles. The standard InChI is InChI=1S/C15H27N5O.2ClH/c1-16-14(12-10-18-20(3)11-12)15(21)17-8-9-19(2)13-6-4-5-7-13;;/h10-11,13-14,16H,4-9H2,1-3H3,(H,17,21);2*1H. The molecule has 0 radical (unpaired) electrons. The van der Waals surface area contributed by atoms with Crippen LogP contribution in [0.2, 0.25) is 0 Å². The molecule has 1 saturated carbocycles. The van der Waals surface area contributed by atoms with Crippen molar-refractivity contribution in [3.05, 3.63) is 18.0 Å². The summed E-state index contributed by atoms with van der Waals surface area (Å²) in [6.45, 7) is 1.59. The molecule has 1 atom stereocenters. The molecular formula is C15H29Cl2N5O. The molecule has 0 bridgehead atoms.